The van der Waals surface area contributed by atoms with E-state index in [1.54, 1.807) is 0 Å². The van der Waals surface area contributed by atoms with E-state index < -0.39 is 5.60 Å². The number of hydrogen-bond donors (Lipinski definition) is 1. The zero-order valence-electron chi connectivity index (χ0n) is 17.3. The van der Waals surface area contributed by atoms with E-state index in [2.05, 4.69) is 61.9 Å². The first kappa shape index (κ1) is 18.9. The van der Waals surface area contributed by atoms with E-state index in [4.69, 9.17) is 15.5 Å². The number of nitrogens with two attached hydrogens (primary N) is 1. The highest BCUT2D eigenvalue weighted by Crippen LogP contribution is 2.43. The van der Waals surface area contributed by atoms with Crippen molar-refractivity contribution < 1.29 is 4.74 Å². The minimum absolute atomic E-state index is 0.349. The Kier molecular flexibility index (Phi) is 4.64. The van der Waals surface area contributed by atoms with Crippen LogP contribution in [0.1, 0.15) is 76.8 Å². The minimum Gasteiger partial charge on any atom is -0.463 e. The second-order valence-corrected chi connectivity index (χ2v) is 9.12. The molecule has 0 radical (unpaired) electrons. The molecule has 2 N–H and O–H groups in total. The molecule has 0 spiro atoms. The molecule has 2 aliphatic rings. The van der Waals surface area contributed by atoms with Crippen LogP contribution in [0.5, 0.6) is 5.88 Å². The standard InChI is InChI=1S/C23H30N4O/c1-5-23(4)19(27-18-20(24)25-14-26-21(18)28-23)17-8-6-15(7-9-17)16-10-12-22(2,3)13-11-16/h6-9,14,16H,5,10-13H2,1-4H3,(H2,24,25,26). The highest BCUT2D eigenvalue weighted by molar-refractivity contribution is 6.09. The molecular formula is C23H30N4O. The number of fused-ring (bicyclic) bond motifs is 1. The summed E-state index contributed by atoms with van der Waals surface area (Å²) >= 11 is 0. The van der Waals surface area contributed by atoms with Crippen molar-refractivity contribution in [2.24, 2.45) is 10.4 Å². The lowest BCUT2D eigenvalue weighted by molar-refractivity contribution is 0.146. The third kappa shape index (κ3) is 3.38. The topological polar surface area (TPSA) is 73.4 Å². The fraction of sp³-hybridized carbons (Fsp3) is 0.522. The fourth-order valence-corrected chi connectivity index (χ4v) is 4.30. The molecule has 1 aliphatic carbocycles. The molecule has 1 aromatic carbocycles. The molecule has 0 saturated heterocycles. The minimum atomic E-state index is -0.538. The number of hydrogen-bond acceptors (Lipinski definition) is 5. The van der Waals surface area contributed by atoms with Crippen molar-refractivity contribution in [2.75, 3.05) is 5.73 Å². The van der Waals surface area contributed by atoms with E-state index >= 15 is 0 Å². The molecule has 148 valence electrons. The number of nitrogen functional groups attached to an aromatic ring is 1. The molecule has 5 nitrogen and oxygen atoms in total. The van der Waals surface area contributed by atoms with Gasteiger partial charge in [-0.3, -0.25) is 0 Å². The maximum absolute atomic E-state index is 6.22. The van der Waals surface area contributed by atoms with Gasteiger partial charge in [-0.25, -0.2) is 9.98 Å². The number of ether oxygens (including phenoxy) is 1. The van der Waals surface area contributed by atoms with Crippen LogP contribution in [0.4, 0.5) is 11.5 Å². The number of aliphatic imine (C=N–C) groups is 1. The first-order chi connectivity index (χ1) is 13.3. The Labute approximate surface area is 167 Å². The van der Waals surface area contributed by atoms with Crippen molar-refractivity contribution in [1.82, 2.24) is 9.97 Å². The third-order valence-corrected chi connectivity index (χ3v) is 6.53. The van der Waals surface area contributed by atoms with Gasteiger partial charge in [0.05, 0.1) is 5.71 Å². The van der Waals surface area contributed by atoms with Crippen LogP contribution in [0.15, 0.2) is 35.6 Å². The molecule has 1 unspecified atom stereocenters. The van der Waals surface area contributed by atoms with Crippen molar-refractivity contribution >= 4 is 17.2 Å². The van der Waals surface area contributed by atoms with Crippen molar-refractivity contribution in [3.05, 3.63) is 41.7 Å². The molecule has 0 bridgehead atoms. The SMILES string of the molecule is CCC1(C)Oc2ncnc(N)c2N=C1c1ccc(C2CCC(C)(C)CC2)cc1. The first-order valence-electron chi connectivity index (χ1n) is 10.3. The number of anilines is 1. The summed E-state index contributed by atoms with van der Waals surface area (Å²) in [5.74, 6) is 1.47. The molecule has 1 atom stereocenters. The molecule has 28 heavy (non-hydrogen) atoms. The lowest BCUT2D eigenvalue weighted by atomic mass is 9.71. The van der Waals surface area contributed by atoms with Gasteiger partial charge in [0.25, 0.3) is 0 Å². The Bertz CT molecular complexity index is 893. The van der Waals surface area contributed by atoms with Gasteiger partial charge in [0.15, 0.2) is 17.1 Å². The van der Waals surface area contributed by atoms with Crippen LogP contribution in [0, 0.1) is 5.41 Å². The first-order valence-corrected chi connectivity index (χ1v) is 10.3. The van der Waals surface area contributed by atoms with Gasteiger partial charge in [-0.1, -0.05) is 45.0 Å². The molecule has 1 saturated carbocycles. The van der Waals surface area contributed by atoms with Crippen LogP contribution in [-0.4, -0.2) is 21.3 Å². The lowest BCUT2D eigenvalue weighted by Gasteiger charge is -2.35. The third-order valence-electron chi connectivity index (χ3n) is 6.53. The maximum Gasteiger partial charge on any atom is 0.246 e. The second kappa shape index (κ2) is 6.87. The van der Waals surface area contributed by atoms with E-state index in [0.717, 1.165) is 17.7 Å². The van der Waals surface area contributed by atoms with E-state index in [-0.39, 0.29) is 0 Å². The summed E-state index contributed by atoms with van der Waals surface area (Å²) in [6.45, 7) is 8.92. The van der Waals surface area contributed by atoms with Gasteiger partial charge in [0.2, 0.25) is 5.88 Å². The number of nitrogens with zero attached hydrogens (tertiary/aromatic N) is 3. The Morgan fingerprint density at radius 1 is 1.07 bits per heavy atom. The highest BCUT2D eigenvalue weighted by Gasteiger charge is 2.38. The summed E-state index contributed by atoms with van der Waals surface area (Å²) < 4.78 is 6.22. The quantitative estimate of drug-likeness (QED) is 0.773. The Balaban J connectivity index is 1.65. The van der Waals surface area contributed by atoms with E-state index in [0.29, 0.717) is 28.7 Å². The predicted octanol–water partition coefficient (Wildman–Crippen LogP) is 5.42. The summed E-state index contributed by atoms with van der Waals surface area (Å²) in [5, 5.41) is 0. The van der Waals surface area contributed by atoms with Gasteiger partial charge in [-0.2, -0.15) is 4.98 Å². The average Bonchev–Trinajstić information content (AvgIpc) is 2.68. The van der Waals surface area contributed by atoms with E-state index in [1.165, 1.54) is 37.6 Å². The maximum atomic E-state index is 6.22. The monoisotopic (exact) mass is 378 g/mol. The van der Waals surface area contributed by atoms with E-state index in [1.807, 2.05) is 0 Å². The fourth-order valence-electron chi connectivity index (χ4n) is 4.30. The Morgan fingerprint density at radius 3 is 2.39 bits per heavy atom. The summed E-state index contributed by atoms with van der Waals surface area (Å²) in [4.78, 5) is 13.1. The molecule has 2 heterocycles. The van der Waals surface area contributed by atoms with Gasteiger partial charge in [-0.15, -0.1) is 0 Å². The van der Waals surface area contributed by atoms with Gasteiger partial charge >= 0.3 is 0 Å². The largest absolute Gasteiger partial charge is 0.463 e. The molecular weight excluding hydrogens is 348 g/mol. The van der Waals surface area contributed by atoms with Gasteiger partial charge in [0.1, 0.15) is 6.33 Å². The molecule has 0 amide bonds. The molecule has 1 aromatic heterocycles. The van der Waals surface area contributed by atoms with Crippen LogP contribution >= 0.6 is 0 Å². The van der Waals surface area contributed by atoms with Gasteiger partial charge in [0, 0.05) is 5.56 Å². The van der Waals surface area contributed by atoms with Crippen LogP contribution in [0.3, 0.4) is 0 Å². The Hall–Kier alpha value is -2.43. The van der Waals surface area contributed by atoms with Crippen molar-refractivity contribution in [2.45, 2.75) is 71.3 Å². The lowest BCUT2D eigenvalue weighted by Crippen LogP contribution is -2.43. The smallest absolute Gasteiger partial charge is 0.246 e. The van der Waals surface area contributed by atoms with Crippen LogP contribution in [0.25, 0.3) is 0 Å². The molecule has 4 rings (SSSR count). The summed E-state index contributed by atoms with van der Waals surface area (Å²) in [7, 11) is 0. The van der Waals surface area contributed by atoms with Gasteiger partial charge in [-0.05, 0) is 55.9 Å². The number of aromatic nitrogens is 2. The molecule has 2 aromatic rings. The normalized spacial score (nSPS) is 24.2. The number of benzene rings is 1. The van der Waals surface area contributed by atoms with Crippen molar-refractivity contribution in [1.29, 1.82) is 0 Å². The zero-order chi connectivity index (χ0) is 19.9. The molecule has 5 heteroatoms. The Morgan fingerprint density at radius 2 is 1.75 bits per heavy atom. The van der Waals surface area contributed by atoms with Crippen molar-refractivity contribution in [3.63, 3.8) is 0 Å². The predicted molar refractivity (Wildman–Crippen MR) is 113 cm³/mol. The summed E-state index contributed by atoms with van der Waals surface area (Å²) in [5.41, 5.74) is 9.88. The average molecular weight is 379 g/mol. The highest BCUT2D eigenvalue weighted by atomic mass is 16.5. The van der Waals surface area contributed by atoms with Gasteiger partial charge < -0.3 is 10.5 Å². The van der Waals surface area contributed by atoms with Crippen LogP contribution in [-0.2, 0) is 0 Å². The zero-order valence-corrected chi connectivity index (χ0v) is 17.3. The summed E-state index contributed by atoms with van der Waals surface area (Å²) in [6, 6.07) is 8.88. The molecule has 1 aliphatic heterocycles. The van der Waals surface area contributed by atoms with Crippen LogP contribution < -0.4 is 10.5 Å². The molecule has 1 fully saturated rings. The van der Waals surface area contributed by atoms with Crippen LogP contribution in [0.2, 0.25) is 0 Å². The summed E-state index contributed by atoms with van der Waals surface area (Å²) in [6.07, 6.45) is 7.34. The van der Waals surface area contributed by atoms with E-state index in [9.17, 15) is 0 Å². The van der Waals surface area contributed by atoms with Crippen molar-refractivity contribution in [3.8, 4) is 5.88 Å². The second-order valence-electron chi connectivity index (χ2n) is 9.12. The number of rotatable bonds is 3.